The van der Waals surface area contributed by atoms with Crippen LogP contribution in [0, 0.1) is 0 Å². The van der Waals surface area contributed by atoms with E-state index < -0.39 is 20.0 Å². The molecule has 4 rings (SSSR count). The van der Waals surface area contributed by atoms with Crippen molar-refractivity contribution in [1.29, 1.82) is 0 Å². The van der Waals surface area contributed by atoms with Gasteiger partial charge in [-0.2, -0.15) is 0 Å². The van der Waals surface area contributed by atoms with Gasteiger partial charge in [0.2, 0.25) is 0 Å². The van der Waals surface area contributed by atoms with E-state index in [9.17, 15) is 0 Å². The Morgan fingerprint density at radius 3 is 2.54 bits per heavy atom. The van der Waals surface area contributed by atoms with Crippen LogP contribution in [0.2, 0.25) is 13.1 Å². The van der Waals surface area contributed by atoms with E-state index in [-0.39, 0.29) is 10.9 Å². The van der Waals surface area contributed by atoms with E-state index in [0.29, 0.717) is 0 Å². The second-order valence-electron chi connectivity index (χ2n) is 7.78. The maximum absolute atomic E-state index is 7.90. The molecule has 26 heavy (non-hydrogen) atoms. The van der Waals surface area contributed by atoms with Gasteiger partial charge < -0.3 is 0 Å². The van der Waals surface area contributed by atoms with Gasteiger partial charge in [0.15, 0.2) is 0 Å². The third kappa shape index (κ3) is 2.66. The Morgan fingerprint density at radius 1 is 1.12 bits per heavy atom. The quantitative estimate of drug-likeness (QED) is 0.261. The van der Waals surface area contributed by atoms with Crippen LogP contribution >= 0.6 is 40.2 Å². The molecule has 0 saturated carbocycles. The Labute approximate surface area is 174 Å². The molecule has 137 valence electrons. The summed E-state index contributed by atoms with van der Waals surface area (Å²) in [5.74, 6) is -1.34. The number of hydrogen-bond donors (Lipinski definition) is 0. The zero-order chi connectivity index (χ0) is 18.9. The van der Waals surface area contributed by atoms with Gasteiger partial charge in [0.25, 0.3) is 0 Å². The summed E-state index contributed by atoms with van der Waals surface area (Å²) in [6.45, 7) is 9.15. The Bertz CT molecular complexity index is 1000. The van der Waals surface area contributed by atoms with Gasteiger partial charge in [0, 0.05) is 0 Å². The third-order valence-corrected chi connectivity index (χ3v) is 78.8. The number of rotatable bonds is 3. The summed E-state index contributed by atoms with van der Waals surface area (Å²) in [4.78, 5) is 1.40. The zero-order valence-electron chi connectivity index (χ0n) is 15.3. The van der Waals surface area contributed by atoms with E-state index in [0.717, 1.165) is 4.47 Å². The van der Waals surface area contributed by atoms with Crippen molar-refractivity contribution in [2.45, 2.75) is 30.6 Å². The number of halogens is 3. The van der Waals surface area contributed by atoms with Crippen LogP contribution in [0.4, 0.5) is 0 Å². The Morgan fingerprint density at radius 2 is 1.85 bits per heavy atom. The molecule has 0 fully saturated rings. The van der Waals surface area contributed by atoms with Crippen molar-refractivity contribution in [1.82, 2.24) is 0 Å². The van der Waals surface area contributed by atoms with E-state index in [1.807, 2.05) is 0 Å². The average molecular weight is 565 g/mol. The van der Waals surface area contributed by atoms with Crippen molar-refractivity contribution in [3.63, 3.8) is 0 Å². The van der Waals surface area contributed by atoms with Crippen LogP contribution < -0.4 is 0 Å². The van der Waals surface area contributed by atoms with Gasteiger partial charge in [-0.1, -0.05) is 0 Å². The van der Waals surface area contributed by atoms with E-state index >= 15 is 0 Å². The predicted molar refractivity (Wildman–Crippen MR) is 125 cm³/mol. The molecule has 0 amide bonds. The second-order valence-corrected chi connectivity index (χ2v) is 63.3. The summed E-state index contributed by atoms with van der Waals surface area (Å²) in [5.41, 5.74) is 6.61. The van der Waals surface area contributed by atoms with Crippen LogP contribution in [0.15, 0.2) is 62.5 Å². The van der Waals surface area contributed by atoms with Crippen molar-refractivity contribution >= 4 is 57.6 Å². The summed E-state index contributed by atoms with van der Waals surface area (Å²) in [6, 6.07) is 6.48. The van der Waals surface area contributed by atoms with E-state index in [1.54, 1.807) is 0 Å². The monoisotopic (exact) mass is 561 g/mol. The fraction of sp³-hybridized carbons (Fsp3) is 0.250. The second kappa shape index (κ2) is 6.54. The van der Waals surface area contributed by atoms with E-state index in [4.69, 9.17) is 17.0 Å². The Balaban J connectivity index is 1.94. The van der Waals surface area contributed by atoms with Gasteiger partial charge in [-0.25, -0.2) is 0 Å². The van der Waals surface area contributed by atoms with Crippen molar-refractivity contribution in [3.05, 3.63) is 73.7 Å². The summed E-state index contributed by atoms with van der Waals surface area (Å²) < 4.78 is 1.36. The molecule has 1 aromatic rings. The van der Waals surface area contributed by atoms with Crippen LogP contribution in [-0.2, 0) is 14.1 Å². The van der Waals surface area contributed by atoms with Crippen molar-refractivity contribution in [2.24, 2.45) is 0 Å². The van der Waals surface area contributed by atoms with Crippen LogP contribution in [0.3, 0.4) is 0 Å². The zero-order valence-corrected chi connectivity index (χ0v) is 22.8. The normalized spacial score (nSPS) is 25.6. The fourth-order valence-electron chi connectivity index (χ4n) is 4.42. The summed E-state index contributed by atoms with van der Waals surface area (Å²) in [6.07, 6.45) is 9.16. The van der Waals surface area contributed by atoms with Crippen LogP contribution in [0.5, 0.6) is 0 Å². The molecule has 2 aliphatic carbocycles. The van der Waals surface area contributed by atoms with Crippen molar-refractivity contribution in [3.8, 4) is 0 Å². The first-order valence-corrected chi connectivity index (χ1v) is 28.9. The van der Waals surface area contributed by atoms with Gasteiger partial charge in [-0.05, 0) is 0 Å². The number of hydrogen-bond acceptors (Lipinski definition) is 0. The summed E-state index contributed by atoms with van der Waals surface area (Å²) in [7, 11) is 15.7. The van der Waals surface area contributed by atoms with Crippen molar-refractivity contribution < 1.29 is 14.1 Å². The summed E-state index contributed by atoms with van der Waals surface area (Å²) in [5, 5.41) is 2.35. The molecule has 0 nitrogen and oxygen atoms in total. The average Bonchev–Trinajstić information content (AvgIpc) is 3.19. The minimum atomic E-state index is -4.25. The molecule has 2 atom stereocenters. The first-order valence-electron chi connectivity index (χ1n) is 8.87. The molecule has 3 aliphatic rings. The molecule has 0 saturated heterocycles. The van der Waals surface area contributed by atoms with Crippen LogP contribution in [-0.4, -0.2) is 11.3 Å². The molecule has 6 heteroatoms. The van der Waals surface area contributed by atoms with E-state index in [2.05, 4.69) is 90.7 Å². The molecule has 0 spiro atoms. The fourth-order valence-corrected chi connectivity index (χ4v) is 54.9. The van der Waals surface area contributed by atoms with Crippen LogP contribution in [0.25, 0.3) is 6.08 Å². The van der Waals surface area contributed by atoms with Gasteiger partial charge in [-0.3, -0.25) is 0 Å². The number of allylic oxidation sites excluding steroid dienone is 6. The van der Waals surface area contributed by atoms with Crippen molar-refractivity contribution in [2.75, 3.05) is 0 Å². The van der Waals surface area contributed by atoms with Gasteiger partial charge in [0.1, 0.15) is 0 Å². The van der Waals surface area contributed by atoms with Gasteiger partial charge >= 0.3 is 176 Å². The Hall–Kier alpha value is 0.560. The molecule has 0 aromatic heterocycles. The molecule has 0 radical (unpaired) electrons. The standard InChI is InChI=1S/C10H8Br.C8H7S.C2H7Si.2ClH.Zr/c1-7-5-8-3-2-4-10(11)9(8)6-7;1-6-4-7-2-3-9-8(7)5-6;1-3-2;;;/h2-6H,1H3;2-5H,1H3;3H,1-2H3;2*1H;/q;+1;;;;+1/p-2. The molecule has 0 N–H and O–H groups in total. The molecule has 1 heterocycles. The first kappa shape index (κ1) is 19.9. The number of fused-ring (bicyclic) bond motifs is 2. The van der Waals surface area contributed by atoms with E-state index in [1.165, 1.54) is 32.8 Å². The predicted octanol–water partition coefficient (Wildman–Crippen LogP) is 7.66. The maximum atomic E-state index is 7.90. The first-order chi connectivity index (χ1) is 12.1. The molecular formula is C20H22BrCl2SSiZr. The molecular weight excluding hydrogens is 542 g/mol. The molecule has 1 aromatic carbocycles. The third-order valence-electron chi connectivity index (χ3n) is 5.80. The van der Waals surface area contributed by atoms with Gasteiger partial charge in [0.05, 0.1) is 0 Å². The molecule has 1 aliphatic heterocycles. The summed E-state index contributed by atoms with van der Waals surface area (Å²) >= 11 is -0.517. The SMILES string of the molecule is CC1=CC2=CC=[S]([Zr]([Cl])([Cl])([CH]3C(C)=Cc4c(Br)cccc43)[SiH](C)C)C2=C1. The molecule has 2 unspecified atom stereocenters. The Kier molecular flexibility index (Phi) is 4.99. The number of benzene rings is 1. The molecule has 0 bridgehead atoms. The van der Waals surface area contributed by atoms with Gasteiger partial charge in [-0.15, -0.1) is 0 Å². The van der Waals surface area contributed by atoms with Crippen LogP contribution in [0.1, 0.15) is 28.6 Å². The topological polar surface area (TPSA) is 0 Å². The minimum absolute atomic E-state index is 0.139.